The number of hydrogen-bond donors (Lipinski definition) is 2. The van der Waals surface area contributed by atoms with Crippen LogP contribution in [0.25, 0.3) is 0 Å². The van der Waals surface area contributed by atoms with Gasteiger partial charge in [-0.1, -0.05) is 17.7 Å². The van der Waals surface area contributed by atoms with Gasteiger partial charge in [-0.2, -0.15) is 0 Å². The number of aryl methyl sites for hydroxylation is 1. The summed E-state index contributed by atoms with van der Waals surface area (Å²) in [6.45, 7) is 2.16. The molecule has 82 valence electrons. The van der Waals surface area contributed by atoms with Crippen molar-refractivity contribution in [3.05, 3.63) is 34.3 Å². The van der Waals surface area contributed by atoms with Gasteiger partial charge in [0.1, 0.15) is 0 Å². The lowest BCUT2D eigenvalue weighted by molar-refractivity contribution is 0.240. The normalized spacial score (nSPS) is 21.4. The summed E-state index contributed by atoms with van der Waals surface area (Å²) in [4.78, 5) is 0. The Bertz CT molecular complexity index is 353. The molecule has 0 spiro atoms. The van der Waals surface area contributed by atoms with Crippen LogP contribution in [0.4, 0.5) is 0 Å². The van der Waals surface area contributed by atoms with E-state index in [2.05, 4.69) is 11.4 Å². The van der Waals surface area contributed by atoms with E-state index < -0.39 is 0 Å². The molecule has 1 aromatic carbocycles. The molecule has 1 aliphatic rings. The molecule has 0 aliphatic heterocycles. The Labute approximate surface area is 95.3 Å². The zero-order valence-electron chi connectivity index (χ0n) is 8.83. The van der Waals surface area contributed by atoms with Crippen LogP contribution in [0.5, 0.6) is 0 Å². The van der Waals surface area contributed by atoms with Crippen molar-refractivity contribution >= 4 is 11.6 Å². The number of benzene rings is 1. The largest absolute Gasteiger partial charge is 0.395 e. The number of rotatable bonds is 3. The lowest BCUT2D eigenvalue weighted by Gasteiger charge is -2.18. The number of fused-ring (bicyclic) bond motifs is 1. The van der Waals surface area contributed by atoms with E-state index in [1.807, 2.05) is 19.1 Å². The summed E-state index contributed by atoms with van der Waals surface area (Å²) in [5.41, 5.74) is 2.67. The van der Waals surface area contributed by atoms with Crippen LogP contribution in [0.1, 0.15) is 30.5 Å². The van der Waals surface area contributed by atoms with Crippen LogP contribution in [0.2, 0.25) is 5.02 Å². The number of aliphatic hydroxyl groups excluding tert-OH is 1. The fourth-order valence-corrected chi connectivity index (χ4v) is 2.32. The van der Waals surface area contributed by atoms with E-state index in [1.54, 1.807) is 0 Å². The van der Waals surface area contributed by atoms with Crippen molar-refractivity contribution < 1.29 is 5.11 Å². The summed E-state index contributed by atoms with van der Waals surface area (Å²) >= 11 is 5.98. The van der Waals surface area contributed by atoms with Crippen LogP contribution in [-0.4, -0.2) is 17.8 Å². The second kappa shape index (κ2) is 4.52. The molecular weight excluding hydrogens is 210 g/mol. The Hall–Kier alpha value is -0.570. The Morgan fingerprint density at radius 1 is 1.60 bits per heavy atom. The topological polar surface area (TPSA) is 32.3 Å². The first-order valence-corrected chi connectivity index (χ1v) is 5.73. The van der Waals surface area contributed by atoms with Crippen molar-refractivity contribution in [2.75, 3.05) is 6.61 Å². The highest BCUT2D eigenvalue weighted by molar-refractivity contribution is 6.30. The minimum atomic E-state index is 0.139. The maximum atomic E-state index is 9.01. The molecule has 2 atom stereocenters. The molecule has 1 aromatic rings. The molecule has 1 aliphatic carbocycles. The Morgan fingerprint density at radius 2 is 2.40 bits per heavy atom. The summed E-state index contributed by atoms with van der Waals surface area (Å²) in [5, 5.41) is 13.2. The van der Waals surface area contributed by atoms with Crippen LogP contribution in [0.15, 0.2) is 18.2 Å². The first-order chi connectivity index (χ1) is 7.20. The molecule has 0 saturated heterocycles. The van der Waals surface area contributed by atoms with Crippen molar-refractivity contribution in [2.45, 2.75) is 31.8 Å². The van der Waals surface area contributed by atoms with Gasteiger partial charge in [0.15, 0.2) is 0 Å². The van der Waals surface area contributed by atoms with Crippen LogP contribution in [0.3, 0.4) is 0 Å². The molecule has 3 heteroatoms. The highest BCUT2D eigenvalue weighted by atomic mass is 35.5. The molecule has 2 N–H and O–H groups in total. The smallest absolute Gasteiger partial charge is 0.0582 e. The van der Waals surface area contributed by atoms with Gasteiger partial charge < -0.3 is 10.4 Å². The van der Waals surface area contributed by atoms with Gasteiger partial charge in [-0.15, -0.1) is 0 Å². The molecular formula is C12H16ClNO. The summed E-state index contributed by atoms with van der Waals surface area (Å²) in [7, 11) is 0. The SMILES string of the molecule is C[C@H](CO)NC1CCc2ccc(Cl)cc21. The predicted octanol–water partition coefficient (Wildman–Crippen LogP) is 2.30. The van der Waals surface area contributed by atoms with Gasteiger partial charge in [0.05, 0.1) is 6.61 Å². The van der Waals surface area contributed by atoms with E-state index in [0.29, 0.717) is 6.04 Å². The van der Waals surface area contributed by atoms with Crippen molar-refractivity contribution in [1.29, 1.82) is 0 Å². The highest BCUT2D eigenvalue weighted by Gasteiger charge is 2.23. The minimum Gasteiger partial charge on any atom is -0.395 e. The summed E-state index contributed by atoms with van der Waals surface area (Å²) in [6, 6.07) is 6.56. The Morgan fingerprint density at radius 3 is 3.13 bits per heavy atom. The molecule has 0 aromatic heterocycles. The van der Waals surface area contributed by atoms with E-state index in [9.17, 15) is 0 Å². The van der Waals surface area contributed by atoms with E-state index in [0.717, 1.165) is 17.9 Å². The maximum absolute atomic E-state index is 9.01. The highest BCUT2D eigenvalue weighted by Crippen LogP contribution is 2.33. The molecule has 0 heterocycles. The van der Waals surface area contributed by atoms with Crippen molar-refractivity contribution in [3.63, 3.8) is 0 Å². The number of aliphatic hydroxyl groups is 1. The quantitative estimate of drug-likeness (QED) is 0.828. The molecule has 0 bridgehead atoms. The molecule has 2 nitrogen and oxygen atoms in total. The molecule has 0 amide bonds. The van der Waals surface area contributed by atoms with Gasteiger partial charge >= 0.3 is 0 Å². The van der Waals surface area contributed by atoms with Gasteiger partial charge in [0, 0.05) is 17.1 Å². The monoisotopic (exact) mass is 225 g/mol. The standard InChI is InChI=1S/C12H16ClNO/c1-8(7-15)14-12-5-3-9-2-4-10(13)6-11(9)12/h2,4,6,8,12,14-15H,3,5,7H2,1H3/t8-,12?/m1/s1. The molecule has 0 saturated carbocycles. The number of hydrogen-bond acceptors (Lipinski definition) is 2. The summed E-state index contributed by atoms with van der Waals surface area (Å²) in [6.07, 6.45) is 2.20. The average Bonchev–Trinajstić information content (AvgIpc) is 2.61. The minimum absolute atomic E-state index is 0.139. The zero-order chi connectivity index (χ0) is 10.8. The predicted molar refractivity (Wildman–Crippen MR) is 62.2 cm³/mol. The first kappa shape index (κ1) is 10.9. The third-order valence-corrected chi connectivity index (χ3v) is 3.18. The van der Waals surface area contributed by atoms with Crippen molar-refractivity contribution in [2.24, 2.45) is 0 Å². The third kappa shape index (κ3) is 2.33. The van der Waals surface area contributed by atoms with E-state index in [-0.39, 0.29) is 12.6 Å². The van der Waals surface area contributed by atoms with E-state index in [1.165, 1.54) is 11.1 Å². The molecule has 15 heavy (non-hydrogen) atoms. The molecule has 0 radical (unpaired) electrons. The lowest BCUT2D eigenvalue weighted by atomic mass is 10.1. The third-order valence-electron chi connectivity index (χ3n) is 2.95. The van der Waals surface area contributed by atoms with Crippen LogP contribution < -0.4 is 5.32 Å². The van der Waals surface area contributed by atoms with Crippen LogP contribution in [-0.2, 0) is 6.42 Å². The van der Waals surface area contributed by atoms with Gasteiger partial charge in [0.25, 0.3) is 0 Å². The van der Waals surface area contributed by atoms with Gasteiger partial charge in [-0.3, -0.25) is 0 Å². The average molecular weight is 226 g/mol. The van der Waals surface area contributed by atoms with Gasteiger partial charge in [0.2, 0.25) is 0 Å². The number of halogens is 1. The van der Waals surface area contributed by atoms with Crippen LogP contribution in [0, 0.1) is 0 Å². The summed E-state index contributed by atoms with van der Waals surface area (Å²) < 4.78 is 0. The Balaban J connectivity index is 2.16. The van der Waals surface area contributed by atoms with E-state index >= 15 is 0 Å². The Kier molecular flexibility index (Phi) is 3.29. The van der Waals surface area contributed by atoms with E-state index in [4.69, 9.17) is 16.7 Å². The van der Waals surface area contributed by atoms with Crippen molar-refractivity contribution in [1.82, 2.24) is 5.32 Å². The fraction of sp³-hybridized carbons (Fsp3) is 0.500. The molecule has 0 fully saturated rings. The first-order valence-electron chi connectivity index (χ1n) is 5.36. The van der Waals surface area contributed by atoms with Gasteiger partial charge in [-0.25, -0.2) is 0 Å². The zero-order valence-corrected chi connectivity index (χ0v) is 9.59. The molecule has 1 unspecified atom stereocenters. The fourth-order valence-electron chi connectivity index (χ4n) is 2.14. The number of nitrogens with one attached hydrogen (secondary N) is 1. The summed E-state index contributed by atoms with van der Waals surface area (Å²) in [5.74, 6) is 0. The maximum Gasteiger partial charge on any atom is 0.0582 e. The lowest BCUT2D eigenvalue weighted by Crippen LogP contribution is -2.32. The van der Waals surface area contributed by atoms with Crippen molar-refractivity contribution in [3.8, 4) is 0 Å². The second-order valence-electron chi connectivity index (χ2n) is 4.18. The second-order valence-corrected chi connectivity index (χ2v) is 4.62. The van der Waals surface area contributed by atoms with Crippen LogP contribution >= 0.6 is 11.6 Å². The molecule has 2 rings (SSSR count). The van der Waals surface area contributed by atoms with Gasteiger partial charge in [-0.05, 0) is 43.0 Å².